The minimum atomic E-state index is -4.33. The highest BCUT2D eigenvalue weighted by Gasteiger charge is 2.33. The van der Waals surface area contributed by atoms with E-state index >= 15 is 0 Å². The summed E-state index contributed by atoms with van der Waals surface area (Å²) in [5.41, 5.74) is 1.90. The Labute approximate surface area is 180 Å². The normalized spacial score (nSPS) is 22.1. The zero-order chi connectivity index (χ0) is 21.4. The molecule has 0 saturated carbocycles. The molecule has 0 aliphatic carbocycles. The second-order valence-corrected chi connectivity index (χ2v) is 8.47. The van der Waals surface area contributed by atoms with E-state index in [2.05, 4.69) is 9.80 Å². The van der Waals surface area contributed by atoms with Crippen LogP contribution in [0, 0.1) is 0 Å². The zero-order valence-electron chi connectivity index (χ0n) is 17.4. The predicted octanol–water partition coefficient (Wildman–Crippen LogP) is 4.68. The number of alkyl halides is 3. The fraction of sp³-hybridized carbons (Fsp3) is 0.458. The minimum absolute atomic E-state index is 0.527. The lowest BCUT2D eigenvalue weighted by molar-refractivity contribution is -0.137. The van der Waals surface area contributed by atoms with Gasteiger partial charge in [-0.1, -0.05) is 18.2 Å². The molecular formula is C24H26F3N3O. The molecule has 4 nitrogen and oxygen atoms in total. The Bertz CT molecular complexity index is 965. The lowest BCUT2D eigenvalue weighted by Gasteiger charge is -2.25. The average Bonchev–Trinajstić information content (AvgIpc) is 3.42. The molecule has 5 rings (SSSR count). The Hall–Kier alpha value is -2.54. The predicted molar refractivity (Wildman–Crippen MR) is 115 cm³/mol. The maximum Gasteiger partial charge on any atom is 0.416 e. The Kier molecular flexibility index (Phi) is 5.38. The molecule has 0 spiro atoms. The van der Waals surface area contributed by atoms with Crippen molar-refractivity contribution in [3.63, 3.8) is 0 Å². The number of hydrogen-bond acceptors (Lipinski definition) is 4. The third kappa shape index (κ3) is 4.15. The monoisotopic (exact) mass is 429 g/mol. The number of hydrogen-bond donors (Lipinski definition) is 0. The lowest BCUT2D eigenvalue weighted by atomic mass is 10.00. The van der Waals surface area contributed by atoms with E-state index in [4.69, 9.17) is 9.73 Å². The van der Waals surface area contributed by atoms with Crippen LogP contribution in [0.3, 0.4) is 0 Å². The Morgan fingerprint density at radius 2 is 1.68 bits per heavy atom. The van der Waals surface area contributed by atoms with Crippen LogP contribution in [-0.4, -0.2) is 61.0 Å². The number of benzene rings is 2. The van der Waals surface area contributed by atoms with Gasteiger partial charge in [0, 0.05) is 19.1 Å². The standard InChI is InChI=1S/C24H26F3N3O/c25-24(26,27)19-6-3-17(4-7-19)18-5-8-22-21(15-18)23(28-10-14-31-22)30-13-9-20(16-30)29-11-1-2-12-29/h3-8,15,20H,1-2,9-14,16H2. The number of aliphatic imine (C=N–C) groups is 1. The highest BCUT2D eigenvalue weighted by Crippen LogP contribution is 2.34. The van der Waals surface area contributed by atoms with Gasteiger partial charge in [0.1, 0.15) is 18.2 Å². The second kappa shape index (κ2) is 8.19. The first-order chi connectivity index (χ1) is 15.0. The van der Waals surface area contributed by atoms with Gasteiger partial charge in [-0.15, -0.1) is 0 Å². The smallest absolute Gasteiger partial charge is 0.416 e. The molecule has 3 aliphatic rings. The van der Waals surface area contributed by atoms with Gasteiger partial charge in [0.2, 0.25) is 0 Å². The van der Waals surface area contributed by atoms with Gasteiger partial charge < -0.3 is 9.64 Å². The first-order valence-electron chi connectivity index (χ1n) is 11.0. The summed E-state index contributed by atoms with van der Waals surface area (Å²) in [6.45, 7) is 5.42. The van der Waals surface area contributed by atoms with E-state index in [1.54, 1.807) is 0 Å². The van der Waals surface area contributed by atoms with Gasteiger partial charge in [0.05, 0.1) is 17.7 Å². The van der Waals surface area contributed by atoms with Crippen LogP contribution in [0.15, 0.2) is 47.5 Å². The van der Waals surface area contributed by atoms with Crippen LogP contribution in [0.2, 0.25) is 0 Å². The summed E-state index contributed by atoms with van der Waals surface area (Å²) in [5.74, 6) is 1.74. The van der Waals surface area contributed by atoms with Crippen molar-refractivity contribution in [1.29, 1.82) is 0 Å². The fourth-order valence-electron chi connectivity index (χ4n) is 4.86. The molecule has 7 heteroatoms. The second-order valence-electron chi connectivity index (χ2n) is 8.47. The highest BCUT2D eigenvalue weighted by molar-refractivity contribution is 6.02. The van der Waals surface area contributed by atoms with Crippen molar-refractivity contribution in [2.75, 3.05) is 39.3 Å². The Morgan fingerprint density at radius 1 is 0.935 bits per heavy atom. The van der Waals surface area contributed by atoms with Gasteiger partial charge in [-0.25, -0.2) is 0 Å². The largest absolute Gasteiger partial charge is 0.491 e. The lowest BCUT2D eigenvalue weighted by Crippen LogP contribution is -2.37. The molecule has 3 aliphatic heterocycles. The van der Waals surface area contributed by atoms with Gasteiger partial charge >= 0.3 is 6.18 Å². The molecule has 2 aromatic rings. The summed E-state index contributed by atoms with van der Waals surface area (Å²) in [4.78, 5) is 9.78. The maximum absolute atomic E-state index is 12.9. The van der Waals surface area contributed by atoms with Crippen molar-refractivity contribution in [1.82, 2.24) is 9.80 Å². The molecule has 31 heavy (non-hydrogen) atoms. The summed E-state index contributed by atoms with van der Waals surface area (Å²) in [6, 6.07) is 11.7. The molecule has 0 amide bonds. The van der Waals surface area contributed by atoms with Crippen molar-refractivity contribution in [2.45, 2.75) is 31.5 Å². The molecule has 0 radical (unpaired) electrons. The number of fused-ring (bicyclic) bond motifs is 1. The topological polar surface area (TPSA) is 28.1 Å². The van der Waals surface area contributed by atoms with Crippen molar-refractivity contribution in [2.24, 2.45) is 4.99 Å². The fourth-order valence-corrected chi connectivity index (χ4v) is 4.86. The molecule has 0 bridgehead atoms. The summed E-state index contributed by atoms with van der Waals surface area (Å²) in [6.07, 6.45) is -0.634. The molecule has 2 aromatic carbocycles. The van der Waals surface area contributed by atoms with Crippen LogP contribution >= 0.6 is 0 Å². The molecule has 1 unspecified atom stereocenters. The van der Waals surface area contributed by atoms with Gasteiger partial charge in [-0.2, -0.15) is 13.2 Å². The summed E-state index contributed by atoms with van der Waals surface area (Å²) in [5, 5.41) is 0. The quantitative estimate of drug-likeness (QED) is 0.694. The molecule has 0 aromatic heterocycles. The third-order valence-electron chi connectivity index (χ3n) is 6.50. The first-order valence-corrected chi connectivity index (χ1v) is 11.0. The summed E-state index contributed by atoms with van der Waals surface area (Å²) < 4.78 is 44.7. The summed E-state index contributed by atoms with van der Waals surface area (Å²) in [7, 11) is 0. The van der Waals surface area contributed by atoms with Gasteiger partial charge in [0.25, 0.3) is 0 Å². The Balaban J connectivity index is 1.43. The van der Waals surface area contributed by atoms with Gasteiger partial charge in [-0.05, 0) is 67.7 Å². The number of likely N-dealkylation sites (tertiary alicyclic amines) is 2. The van der Waals surface area contributed by atoms with Crippen molar-refractivity contribution >= 4 is 5.84 Å². The first kappa shape index (κ1) is 20.4. The third-order valence-corrected chi connectivity index (χ3v) is 6.50. The molecule has 0 N–H and O–H groups in total. The number of rotatable bonds is 2. The number of amidine groups is 1. The Morgan fingerprint density at radius 3 is 2.42 bits per heavy atom. The van der Waals surface area contributed by atoms with Crippen molar-refractivity contribution in [3.05, 3.63) is 53.6 Å². The van der Waals surface area contributed by atoms with E-state index in [-0.39, 0.29) is 0 Å². The van der Waals surface area contributed by atoms with E-state index in [0.717, 1.165) is 59.9 Å². The van der Waals surface area contributed by atoms with Crippen LogP contribution in [0.1, 0.15) is 30.4 Å². The van der Waals surface area contributed by atoms with Crippen LogP contribution in [-0.2, 0) is 6.18 Å². The van der Waals surface area contributed by atoms with Crippen molar-refractivity contribution in [3.8, 4) is 16.9 Å². The molecule has 3 heterocycles. The number of ether oxygens (including phenoxy) is 1. The highest BCUT2D eigenvalue weighted by atomic mass is 19.4. The van der Waals surface area contributed by atoms with Crippen LogP contribution in [0.25, 0.3) is 11.1 Å². The minimum Gasteiger partial charge on any atom is -0.491 e. The molecular weight excluding hydrogens is 403 g/mol. The van der Waals surface area contributed by atoms with Crippen LogP contribution < -0.4 is 4.74 Å². The van der Waals surface area contributed by atoms with Gasteiger partial charge in [0.15, 0.2) is 0 Å². The summed E-state index contributed by atoms with van der Waals surface area (Å²) >= 11 is 0. The van der Waals surface area contributed by atoms with E-state index in [1.165, 1.54) is 38.1 Å². The van der Waals surface area contributed by atoms with E-state index in [1.807, 2.05) is 18.2 Å². The van der Waals surface area contributed by atoms with Crippen LogP contribution in [0.4, 0.5) is 13.2 Å². The SMILES string of the molecule is FC(F)(F)c1ccc(-c2ccc3c(c2)C(N2CCC(N4CCCC4)C2)=NCCO3)cc1. The molecule has 1 atom stereocenters. The maximum atomic E-state index is 12.9. The molecule has 164 valence electrons. The van der Waals surface area contributed by atoms with E-state index < -0.39 is 11.7 Å². The molecule has 2 saturated heterocycles. The number of nitrogens with zero attached hydrogens (tertiary/aromatic N) is 3. The van der Waals surface area contributed by atoms with E-state index in [9.17, 15) is 13.2 Å². The van der Waals surface area contributed by atoms with E-state index in [0.29, 0.717) is 19.2 Å². The zero-order valence-corrected chi connectivity index (χ0v) is 17.4. The average molecular weight is 429 g/mol. The number of halogens is 3. The van der Waals surface area contributed by atoms with Crippen molar-refractivity contribution < 1.29 is 17.9 Å². The molecule has 2 fully saturated rings. The van der Waals surface area contributed by atoms with Gasteiger partial charge in [-0.3, -0.25) is 9.89 Å². The van der Waals surface area contributed by atoms with Crippen LogP contribution in [0.5, 0.6) is 5.75 Å².